The monoisotopic (exact) mass is 193 g/mol. The van der Waals surface area contributed by atoms with Gasteiger partial charge in [0.1, 0.15) is 11.5 Å². The maximum absolute atomic E-state index is 11.5. The highest BCUT2D eigenvalue weighted by Crippen LogP contribution is 2.35. The van der Waals surface area contributed by atoms with Gasteiger partial charge in [-0.15, -0.1) is 0 Å². The maximum Gasteiger partial charge on any atom is 0.170 e. The van der Waals surface area contributed by atoms with Gasteiger partial charge >= 0.3 is 0 Å². The Labute approximate surface area is 81.2 Å². The number of rotatable bonds is 0. The summed E-state index contributed by atoms with van der Waals surface area (Å²) in [6.45, 7) is 1.88. The topological polar surface area (TPSA) is 69.6 Å². The van der Waals surface area contributed by atoms with Crippen LogP contribution >= 0.6 is 0 Å². The highest BCUT2D eigenvalue weighted by Gasteiger charge is 2.25. The first-order valence-electron chi connectivity index (χ1n) is 4.43. The van der Waals surface area contributed by atoms with Crippen LogP contribution in [0.2, 0.25) is 0 Å². The third-order valence-electron chi connectivity index (χ3n) is 2.27. The number of nitrogens with one attached hydrogen (secondary N) is 1. The molecular formula is C10H11NO3. The van der Waals surface area contributed by atoms with Crippen molar-refractivity contribution < 1.29 is 15.0 Å². The lowest BCUT2D eigenvalue weighted by atomic mass is 9.96. The lowest BCUT2D eigenvalue weighted by Crippen LogP contribution is -2.26. The second-order valence-electron chi connectivity index (χ2n) is 3.56. The Morgan fingerprint density at radius 2 is 2.14 bits per heavy atom. The molecule has 14 heavy (non-hydrogen) atoms. The second kappa shape index (κ2) is 2.90. The maximum atomic E-state index is 11.5. The van der Waals surface area contributed by atoms with E-state index in [9.17, 15) is 15.0 Å². The van der Waals surface area contributed by atoms with Gasteiger partial charge in [0.2, 0.25) is 0 Å². The second-order valence-corrected chi connectivity index (χ2v) is 3.56. The first-order valence-corrected chi connectivity index (χ1v) is 4.43. The smallest absolute Gasteiger partial charge is 0.170 e. The molecule has 74 valence electrons. The van der Waals surface area contributed by atoms with E-state index in [1.54, 1.807) is 0 Å². The fourth-order valence-electron chi connectivity index (χ4n) is 1.72. The van der Waals surface area contributed by atoms with Crippen LogP contribution in [0.3, 0.4) is 0 Å². The number of benzene rings is 1. The van der Waals surface area contributed by atoms with Crippen molar-refractivity contribution in [3.8, 4) is 11.5 Å². The van der Waals surface area contributed by atoms with Crippen LogP contribution in [-0.2, 0) is 0 Å². The van der Waals surface area contributed by atoms with Crippen LogP contribution in [0.1, 0.15) is 23.7 Å². The van der Waals surface area contributed by atoms with Gasteiger partial charge in [0.25, 0.3) is 0 Å². The highest BCUT2D eigenvalue weighted by atomic mass is 16.3. The minimum Gasteiger partial charge on any atom is -0.508 e. The number of anilines is 1. The van der Waals surface area contributed by atoms with Gasteiger partial charge in [-0.1, -0.05) is 0 Å². The van der Waals surface area contributed by atoms with Gasteiger partial charge in [-0.05, 0) is 6.92 Å². The largest absolute Gasteiger partial charge is 0.508 e. The zero-order valence-electron chi connectivity index (χ0n) is 7.74. The van der Waals surface area contributed by atoms with Crippen LogP contribution in [0.4, 0.5) is 5.69 Å². The van der Waals surface area contributed by atoms with Crippen molar-refractivity contribution in [1.82, 2.24) is 0 Å². The Bertz CT molecular complexity index is 401. The Morgan fingerprint density at radius 1 is 1.43 bits per heavy atom. The van der Waals surface area contributed by atoms with Crippen LogP contribution < -0.4 is 5.32 Å². The summed E-state index contributed by atoms with van der Waals surface area (Å²) in [6, 6.07) is 2.66. The molecule has 1 aliphatic heterocycles. The van der Waals surface area contributed by atoms with Crippen molar-refractivity contribution in [3.05, 3.63) is 17.7 Å². The zero-order chi connectivity index (χ0) is 10.3. The molecule has 0 radical (unpaired) electrons. The number of phenolic OH excluding ortho intramolecular Hbond substituents is 2. The number of hydrogen-bond acceptors (Lipinski definition) is 4. The van der Waals surface area contributed by atoms with Crippen LogP contribution in [0.25, 0.3) is 0 Å². The van der Waals surface area contributed by atoms with Crippen molar-refractivity contribution in [2.75, 3.05) is 5.32 Å². The van der Waals surface area contributed by atoms with E-state index in [-0.39, 0.29) is 28.9 Å². The molecule has 0 fully saturated rings. The minimum absolute atomic E-state index is 0.0381. The normalized spacial score (nSPS) is 20.1. The standard InChI is InChI=1S/C10H11NO3/c1-5-2-8(13)10-7(11-5)3-6(12)4-9(10)14/h3-5,11-12,14H,2H2,1H3/t5-/m0/s1. The third kappa shape index (κ3) is 1.28. The lowest BCUT2D eigenvalue weighted by Gasteiger charge is -2.23. The van der Waals surface area contributed by atoms with Crippen LogP contribution in [0, 0.1) is 0 Å². The van der Waals surface area contributed by atoms with Crippen molar-refractivity contribution >= 4 is 11.5 Å². The summed E-state index contributed by atoms with van der Waals surface area (Å²) in [5, 5.41) is 21.7. The van der Waals surface area contributed by atoms with Crippen LogP contribution in [0.15, 0.2) is 12.1 Å². The molecule has 1 aliphatic rings. The van der Waals surface area contributed by atoms with E-state index in [1.807, 2.05) is 6.92 Å². The van der Waals surface area contributed by atoms with E-state index < -0.39 is 0 Å². The summed E-state index contributed by atoms with van der Waals surface area (Å²) in [7, 11) is 0. The number of fused-ring (bicyclic) bond motifs is 1. The SMILES string of the molecule is C[C@H]1CC(=O)c2c(O)cc(O)cc2N1. The van der Waals surface area contributed by atoms with Crippen molar-refractivity contribution in [1.29, 1.82) is 0 Å². The van der Waals surface area contributed by atoms with E-state index in [0.717, 1.165) is 0 Å². The van der Waals surface area contributed by atoms with Gasteiger partial charge in [-0.3, -0.25) is 4.79 Å². The summed E-state index contributed by atoms with van der Waals surface area (Å²) in [4.78, 5) is 11.5. The molecule has 0 saturated carbocycles. The molecule has 0 aromatic heterocycles. The predicted octanol–water partition coefficient (Wildman–Crippen LogP) is 1.48. The first kappa shape index (κ1) is 8.87. The van der Waals surface area contributed by atoms with Gasteiger partial charge in [-0.25, -0.2) is 0 Å². The van der Waals surface area contributed by atoms with Gasteiger partial charge < -0.3 is 15.5 Å². The number of hydrogen-bond donors (Lipinski definition) is 3. The molecule has 0 aliphatic carbocycles. The van der Waals surface area contributed by atoms with Gasteiger partial charge in [-0.2, -0.15) is 0 Å². The van der Waals surface area contributed by atoms with Gasteiger partial charge in [0.05, 0.1) is 11.3 Å². The summed E-state index contributed by atoms with van der Waals surface area (Å²) < 4.78 is 0. The van der Waals surface area contributed by atoms with Crippen molar-refractivity contribution in [2.24, 2.45) is 0 Å². The summed E-state index contributed by atoms with van der Waals surface area (Å²) >= 11 is 0. The summed E-state index contributed by atoms with van der Waals surface area (Å²) in [5.41, 5.74) is 0.784. The average Bonchev–Trinajstić information content (AvgIpc) is 1.99. The molecule has 4 heteroatoms. The number of phenols is 2. The fraction of sp³-hybridized carbons (Fsp3) is 0.300. The number of carbonyl (C=O) groups is 1. The average molecular weight is 193 g/mol. The Balaban J connectivity index is 2.59. The number of Topliss-reactive ketones (excluding diaryl/α,β-unsaturated/α-hetero) is 1. The van der Waals surface area contributed by atoms with Gasteiger partial charge in [0, 0.05) is 24.6 Å². The molecule has 1 aromatic carbocycles. The third-order valence-corrected chi connectivity index (χ3v) is 2.27. The predicted molar refractivity (Wildman–Crippen MR) is 51.8 cm³/mol. The van der Waals surface area contributed by atoms with E-state index in [4.69, 9.17) is 0 Å². The molecule has 0 spiro atoms. The highest BCUT2D eigenvalue weighted by molar-refractivity contribution is 6.06. The minimum atomic E-state index is -0.163. The van der Waals surface area contributed by atoms with Crippen molar-refractivity contribution in [2.45, 2.75) is 19.4 Å². The van der Waals surface area contributed by atoms with Gasteiger partial charge in [0.15, 0.2) is 5.78 Å². The number of carbonyl (C=O) groups excluding carboxylic acids is 1. The van der Waals surface area contributed by atoms with Crippen molar-refractivity contribution in [3.63, 3.8) is 0 Å². The van der Waals surface area contributed by atoms with E-state index >= 15 is 0 Å². The molecule has 4 nitrogen and oxygen atoms in total. The van der Waals surface area contributed by atoms with Crippen LogP contribution in [0.5, 0.6) is 11.5 Å². The quantitative estimate of drug-likeness (QED) is 0.583. The summed E-state index contributed by atoms with van der Waals surface area (Å²) in [6.07, 6.45) is 0.366. The lowest BCUT2D eigenvalue weighted by molar-refractivity contribution is 0.0972. The molecule has 1 atom stereocenters. The number of ketones is 1. The molecule has 2 rings (SSSR count). The molecule has 0 saturated heterocycles. The Morgan fingerprint density at radius 3 is 2.86 bits per heavy atom. The Hall–Kier alpha value is -1.71. The molecule has 1 heterocycles. The molecular weight excluding hydrogens is 182 g/mol. The van der Waals surface area contributed by atoms with E-state index in [1.165, 1.54) is 12.1 Å². The molecule has 0 unspecified atom stereocenters. The molecule has 0 bridgehead atoms. The number of aromatic hydroxyl groups is 2. The Kier molecular flexibility index (Phi) is 1.84. The zero-order valence-corrected chi connectivity index (χ0v) is 7.74. The van der Waals surface area contributed by atoms with E-state index in [0.29, 0.717) is 12.1 Å². The fourth-order valence-corrected chi connectivity index (χ4v) is 1.72. The van der Waals surface area contributed by atoms with E-state index in [2.05, 4.69) is 5.32 Å². The first-order chi connectivity index (χ1) is 6.58. The molecule has 0 amide bonds. The van der Waals surface area contributed by atoms with Crippen LogP contribution in [-0.4, -0.2) is 22.0 Å². The molecule has 1 aromatic rings. The molecule has 3 N–H and O–H groups in total. The summed E-state index contributed by atoms with van der Waals surface area (Å²) in [5.74, 6) is -0.302.